The zero-order valence-corrected chi connectivity index (χ0v) is 16.8. The van der Waals surface area contributed by atoms with E-state index in [9.17, 15) is 14.7 Å². The van der Waals surface area contributed by atoms with Crippen LogP contribution in [0.5, 0.6) is 11.5 Å². The van der Waals surface area contributed by atoms with Crippen molar-refractivity contribution in [3.05, 3.63) is 47.6 Å². The normalized spacial score (nSPS) is 32.6. The molecule has 1 saturated heterocycles. The largest absolute Gasteiger partial charge is 0.493 e. The van der Waals surface area contributed by atoms with Crippen LogP contribution < -0.4 is 9.47 Å². The second kappa shape index (κ2) is 7.45. The summed E-state index contributed by atoms with van der Waals surface area (Å²) < 4.78 is 11.8. The van der Waals surface area contributed by atoms with Crippen LogP contribution >= 0.6 is 0 Å². The van der Waals surface area contributed by atoms with Crippen LogP contribution in [0.25, 0.3) is 0 Å². The summed E-state index contributed by atoms with van der Waals surface area (Å²) in [4.78, 5) is 21.6. The van der Waals surface area contributed by atoms with Gasteiger partial charge in [0.25, 0.3) is 0 Å². The first-order chi connectivity index (χ1) is 14.3. The maximum Gasteiger partial charge on any atom is 0.328 e. The fourth-order valence-corrected chi connectivity index (χ4v) is 5.53. The Bertz CT molecular complexity index is 924. The number of carbonyl (C=O) groups is 2. The van der Waals surface area contributed by atoms with Crippen molar-refractivity contribution in [2.45, 2.75) is 36.5 Å². The molecule has 1 aromatic rings. The van der Waals surface area contributed by atoms with Gasteiger partial charge < -0.3 is 29.7 Å². The first-order valence-electron chi connectivity index (χ1n) is 9.87. The van der Waals surface area contributed by atoms with Gasteiger partial charge in [0, 0.05) is 35.1 Å². The van der Waals surface area contributed by atoms with E-state index < -0.39 is 18.0 Å². The minimum absolute atomic E-state index is 0.0806. The molecule has 8 nitrogen and oxygen atoms in total. The molecule has 3 N–H and O–H groups in total. The highest BCUT2D eigenvalue weighted by Gasteiger charge is 2.64. The van der Waals surface area contributed by atoms with Crippen molar-refractivity contribution < 1.29 is 34.4 Å². The molecular formula is C22H25NO7. The van der Waals surface area contributed by atoms with Crippen molar-refractivity contribution in [2.75, 3.05) is 20.7 Å². The molecule has 0 saturated carbocycles. The van der Waals surface area contributed by atoms with Crippen molar-refractivity contribution in [3.8, 4) is 11.5 Å². The Balaban J connectivity index is 0.000000235. The number of hydrogen-bond acceptors (Lipinski definition) is 6. The molecule has 30 heavy (non-hydrogen) atoms. The molecule has 2 aliphatic carbocycles. The molecule has 0 unspecified atom stereocenters. The standard InChI is InChI=1S/C18H21NO3.C4H4O4/c1-19-8-7-18-11-4-5-13(20)17(18)22-16-14(21-2)6-3-10(15(16)18)9-12(11)19;5-3(6)1-2-4(7)8/h3-6,11-13,17,20H,7-9H2,1-2H3;1-2H,(H,5,6)(H,7,8)/t11-,12+,13-,17-,18-;/m0./s1. The van der Waals surface area contributed by atoms with Crippen LogP contribution in [0.1, 0.15) is 17.5 Å². The molecule has 5 rings (SSSR count). The second-order valence-corrected chi connectivity index (χ2v) is 8.12. The number of benzene rings is 1. The molecule has 5 atom stereocenters. The third-order valence-electron chi connectivity index (χ3n) is 6.72. The minimum Gasteiger partial charge on any atom is -0.493 e. The van der Waals surface area contributed by atoms with Crippen molar-refractivity contribution in [1.29, 1.82) is 0 Å². The number of aliphatic carboxylic acids is 2. The van der Waals surface area contributed by atoms with Crippen LogP contribution in [0.2, 0.25) is 0 Å². The molecule has 2 heterocycles. The van der Waals surface area contributed by atoms with Gasteiger partial charge in [-0.15, -0.1) is 0 Å². The van der Waals surface area contributed by atoms with Gasteiger partial charge in [-0.3, -0.25) is 0 Å². The summed E-state index contributed by atoms with van der Waals surface area (Å²) in [6, 6.07) is 4.70. The third-order valence-corrected chi connectivity index (χ3v) is 6.72. The fourth-order valence-electron chi connectivity index (χ4n) is 5.53. The lowest BCUT2D eigenvalue weighted by molar-refractivity contribution is -0.134. The van der Waals surface area contributed by atoms with Gasteiger partial charge in [-0.2, -0.15) is 0 Å². The van der Waals surface area contributed by atoms with Gasteiger partial charge in [0.15, 0.2) is 11.5 Å². The van der Waals surface area contributed by atoms with E-state index in [0.29, 0.717) is 24.1 Å². The number of carboxylic acid groups (broad SMARTS) is 2. The van der Waals surface area contributed by atoms with Gasteiger partial charge in [-0.25, -0.2) is 9.59 Å². The number of aliphatic hydroxyl groups is 1. The Morgan fingerprint density at radius 2 is 1.93 bits per heavy atom. The Labute approximate surface area is 174 Å². The molecule has 0 aromatic heterocycles. The van der Waals surface area contributed by atoms with Gasteiger partial charge in [-0.1, -0.05) is 18.2 Å². The number of rotatable bonds is 3. The Hall–Kier alpha value is -2.84. The molecular weight excluding hydrogens is 390 g/mol. The zero-order valence-electron chi connectivity index (χ0n) is 16.8. The predicted molar refractivity (Wildman–Crippen MR) is 107 cm³/mol. The van der Waals surface area contributed by atoms with Crippen molar-refractivity contribution in [1.82, 2.24) is 4.90 Å². The smallest absolute Gasteiger partial charge is 0.328 e. The van der Waals surface area contributed by atoms with Gasteiger partial charge in [0.05, 0.1) is 7.11 Å². The maximum absolute atomic E-state index is 10.6. The monoisotopic (exact) mass is 415 g/mol. The molecule has 160 valence electrons. The number of methoxy groups -OCH3 is 1. The van der Waals surface area contributed by atoms with Gasteiger partial charge >= 0.3 is 11.9 Å². The molecule has 8 heteroatoms. The summed E-state index contributed by atoms with van der Waals surface area (Å²) >= 11 is 0. The number of ether oxygens (including phenoxy) is 2. The third kappa shape index (κ3) is 2.98. The van der Waals surface area contributed by atoms with E-state index in [0.717, 1.165) is 30.9 Å². The first kappa shape index (κ1) is 20.4. The lowest BCUT2D eigenvalue weighted by Crippen LogP contribution is -2.64. The number of aliphatic hydroxyl groups excluding tert-OH is 1. The van der Waals surface area contributed by atoms with Gasteiger partial charge in [0.2, 0.25) is 0 Å². The molecule has 1 aromatic carbocycles. The van der Waals surface area contributed by atoms with E-state index >= 15 is 0 Å². The number of piperidine rings is 1. The van der Waals surface area contributed by atoms with Crippen molar-refractivity contribution >= 4 is 11.9 Å². The Morgan fingerprint density at radius 1 is 1.23 bits per heavy atom. The summed E-state index contributed by atoms with van der Waals surface area (Å²) in [7, 11) is 3.91. The van der Waals surface area contributed by atoms with E-state index in [2.05, 4.69) is 24.1 Å². The SMILES string of the molecule is COc1ccc2c3c1O[C@H]1[C@@H](O)C=C[C@H]4[C@@H](C2)N(C)CC[C@@]341.O=C(O)C=CC(=O)O. The Morgan fingerprint density at radius 3 is 2.57 bits per heavy atom. The fraction of sp³-hybridized carbons (Fsp3) is 0.455. The summed E-state index contributed by atoms with van der Waals surface area (Å²) in [6.07, 6.45) is 6.65. The summed E-state index contributed by atoms with van der Waals surface area (Å²) in [6.45, 7) is 1.05. The molecule has 1 fully saturated rings. The minimum atomic E-state index is -1.26. The summed E-state index contributed by atoms with van der Waals surface area (Å²) in [5.41, 5.74) is 2.60. The summed E-state index contributed by atoms with van der Waals surface area (Å²) in [5.74, 6) is -0.424. The molecule has 2 aliphatic heterocycles. The quantitative estimate of drug-likeness (QED) is 0.498. The molecule has 1 spiro atoms. The van der Waals surface area contributed by atoms with E-state index in [-0.39, 0.29) is 11.5 Å². The van der Waals surface area contributed by atoms with Crippen LogP contribution in [0.4, 0.5) is 0 Å². The highest BCUT2D eigenvalue weighted by molar-refractivity contribution is 5.89. The number of likely N-dealkylation sites (N-methyl/N-ethyl adjacent to an activating group) is 1. The zero-order chi connectivity index (χ0) is 21.6. The molecule has 2 bridgehead atoms. The van der Waals surface area contributed by atoms with E-state index in [4.69, 9.17) is 19.7 Å². The van der Waals surface area contributed by atoms with E-state index in [1.54, 1.807) is 7.11 Å². The van der Waals surface area contributed by atoms with Gasteiger partial charge in [-0.05, 0) is 38.1 Å². The van der Waals surface area contributed by atoms with Gasteiger partial charge in [0.1, 0.15) is 12.2 Å². The van der Waals surface area contributed by atoms with E-state index in [1.165, 1.54) is 11.1 Å². The summed E-state index contributed by atoms with van der Waals surface area (Å²) in [5, 5.41) is 26.2. The Kier molecular flexibility index (Phi) is 5.07. The second-order valence-electron chi connectivity index (χ2n) is 8.12. The van der Waals surface area contributed by atoms with Crippen LogP contribution in [0.3, 0.4) is 0 Å². The molecule has 4 aliphatic rings. The predicted octanol–water partition coefficient (Wildman–Crippen LogP) is 1.21. The number of nitrogens with zero attached hydrogens (tertiary/aromatic N) is 1. The van der Waals surface area contributed by atoms with Crippen molar-refractivity contribution in [2.24, 2.45) is 5.92 Å². The molecule has 0 radical (unpaired) electrons. The van der Waals surface area contributed by atoms with Crippen LogP contribution in [-0.2, 0) is 21.4 Å². The first-order valence-corrected chi connectivity index (χ1v) is 9.87. The van der Waals surface area contributed by atoms with Crippen molar-refractivity contribution in [3.63, 3.8) is 0 Å². The average Bonchev–Trinajstić information content (AvgIpc) is 3.06. The number of likely N-dealkylation sites (tertiary alicyclic amines) is 1. The lowest BCUT2D eigenvalue weighted by atomic mass is 9.53. The van der Waals surface area contributed by atoms with Crippen LogP contribution in [0, 0.1) is 5.92 Å². The van der Waals surface area contributed by atoms with E-state index in [1.807, 2.05) is 12.1 Å². The number of hydrogen-bond donors (Lipinski definition) is 3. The van der Waals surface area contributed by atoms with Crippen LogP contribution in [-0.4, -0.2) is 71.1 Å². The van der Waals surface area contributed by atoms with Crippen LogP contribution in [0.15, 0.2) is 36.4 Å². The number of carboxylic acids is 2. The maximum atomic E-state index is 10.6. The topological polar surface area (TPSA) is 117 Å². The average molecular weight is 415 g/mol. The lowest BCUT2D eigenvalue weighted by Gasteiger charge is -2.56. The molecule has 0 amide bonds. The highest BCUT2D eigenvalue weighted by Crippen LogP contribution is 2.62. The highest BCUT2D eigenvalue weighted by atomic mass is 16.5.